The van der Waals surface area contributed by atoms with E-state index in [2.05, 4.69) is 21.2 Å². The Morgan fingerprint density at radius 1 is 1.12 bits per heavy atom. The summed E-state index contributed by atoms with van der Waals surface area (Å²) < 4.78 is 47.5. The zero-order valence-electron chi connectivity index (χ0n) is 17.1. The maximum Gasteiger partial charge on any atom is 0.264 e. The van der Waals surface area contributed by atoms with Crippen molar-refractivity contribution in [3.63, 3.8) is 0 Å². The predicted octanol–water partition coefficient (Wildman–Crippen LogP) is 5.39. The Hall–Kier alpha value is -2.62. The first-order valence-electron chi connectivity index (χ1n) is 9.29. The maximum absolute atomic E-state index is 14.1. The molecule has 0 saturated heterocycles. The molecule has 0 aliphatic heterocycles. The number of halogens is 3. The molecular weight excluding hydrogens is 523 g/mol. The van der Waals surface area contributed by atoms with Crippen molar-refractivity contribution in [2.45, 2.75) is 11.8 Å². The van der Waals surface area contributed by atoms with Gasteiger partial charge in [-0.1, -0.05) is 45.2 Å². The highest BCUT2D eigenvalue weighted by Gasteiger charge is 2.28. The SMILES string of the molecule is COc1ccc(N(CC(=O)Nc2ccc(Br)cc2F)S(=O)(=O)c2ccc(C)cc2)cc1Cl. The summed E-state index contributed by atoms with van der Waals surface area (Å²) in [6, 6.07) is 14.7. The summed E-state index contributed by atoms with van der Waals surface area (Å²) in [6.45, 7) is 1.23. The molecule has 10 heteroatoms. The number of amides is 1. The quantitative estimate of drug-likeness (QED) is 0.435. The van der Waals surface area contributed by atoms with E-state index in [1.165, 1.54) is 49.6 Å². The van der Waals surface area contributed by atoms with Gasteiger partial charge in [-0.3, -0.25) is 9.10 Å². The van der Waals surface area contributed by atoms with Crippen molar-refractivity contribution in [2.24, 2.45) is 0 Å². The molecule has 3 aromatic carbocycles. The number of sulfonamides is 1. The van der Waals surface area contributed by atoms with Crippen LogP contribution in [0.2, 0.25) is 5.02 Å². The summed E-state index contributed by atoms with van der Waals surface area (Å²) in [4.78, 5) is 12.7. The number of hydrogen-bond acceptors (Lipinski definition) is 4. The lowest BCUT2D eigenvalue weighted by molar-refractivity contribution is -0.114. The smallest absolute Gasteiger partial charge is 0.264 e. The van der Waals surface area contributed by atoms with Crippen LogP contribution < -0.4 is 14.4 Å². The number of methoxy groups -OCH3 is 1. The van der Waals surface area contributed by atoms with Crippen LogP contribution in [0.1, 0.15) is 5.56 Å². The lowest BCUT2D eigenvalue weighted by Crippen LogP contribution is -2.38. The van der Waals surface area contributed by atoms with E-state index in [1.54, 1.807) is 18.2 Å². The second-order valence-electron chi connectivity index (χ2n) is 6.82. The fraction of sp³-hybridized carbons (Fsp3) is 0.136. The molecule has 0 aromatic heterocycles. The molecule has 0 spiro atoms. The number of nitrogens with one attached hydrogen (secondary N) is 1. The van der Waals surface area contributed by atoms with Crippen molar-refractivity contribution in [1.29, 1.82) is 0 Å². The first-order chi connectivity index (χ1) is 15.1. The third-order valence-corrected chi connectivity index (χ3v) is 7.10. The number of nitrogens with zero attached hydrogens (tertiary/aromatic N) is 1. The highest BCUT2D eigenvalue weighted by atomic mass is 79.9. The molecule has 6 nitrogen and oxygen atoms in total. The molecule has 1 amide bonds. The lowest BCUT2D eigenvalue weighted by Gasteiger charge is -2.24. The largest absolute Gasteiger partial charge is 0.495 e. The van der Waals surface area contributed by atoms with Gasteiger partial charge in [0.1, 0.15) is 18.1 Å². The number of carbonyl (C=O) groups is 1. The number of ether oxygens (including phenoxy) is 1. The van der Waals surface area contributed by atoms with Crippen molar-refractivity contribution in [3.8, 4) is 5.75 Å². The molecule has 0 bridgehead atoms. The average molecular weight is 542 g/mol. The van der Waals surface area contributed by atoms with E-state index in [0.29, 0.717) is 10.2 Å². The number of carbonyl (C=O) groups excluding carboxylic acids is 1. The predicted molar refractivity (Wildman–Crippen MR) is 126 cm³/mol. The van der Waals surface area contributed by atoms with Gasteiger partial charge in [0.2, 0.25) is 5.91 Å². The Kier molecular flexibility index (Phi) is 7.43. The van der Waals surface area contributed by atoms with E-state index in [-0.39, 0.29) is 21.3 Å². The van der Waals surface area contributed by atoms with Gasteiger partial charge in [-0.05, 0) is 55.5 Å². The minimum absolute atomic E-state index is 0.00216. The third-order valence-electron chi connectivity index (χ3n) is 4.52. The summed E-state index contributed by atoms with van der Waals surface area (Å²) >= 11 is 9.34. The molecule has 0 heterocycles. The van der Waals surface area contributed by atoms with E-state index in [4.69, 9.17) is 16.3 Å². The Bertz CT molecular complexity index is 1250. The van der Waals surface area contributed by atoms with Crippen LogP contribution in [0, 0.1) is 12.7 Å². The highest BCUT2D eigenvalue weighted by Crippen LogP contribution is 2.32. The number of anilines is 2. The minimum Gasteiger partial charge on any atom is -0.495 e. The Labute approximate surface area is 199 Å². The van der Waals surface area contributed by atoms with E-state index < -0.39 is 28.3 Å². The molecular formula is C22H19BrClFN2O4S. The van der Waals surface area contributed by atoms with Crippen molar-refractivity contribution >= 4 is 54.8 Å². The van der Waals surface area contributed by atoms with Gasteiger partial charge in [-0.2, -0.15) is 0 Å². The van der Waals surface area contributed by atoms with Crippen LogP contribution in [0.4, 0.5) is 15.8 Å². The first-order valence-corrected chi connectivity index (χ1v) is 11.9. The monoisotopic (exact) mass is 540 g/mol. The molecule has 168 valence electrons. The molecule has 0 aliphatic carbocycles. The van der Waals surface area contributed by atoms with Crippen LogP contribution >= 0.6 is 27.5 Å². The molecule has 3 aromatic rings. The molecule has 0 saturated carbocycles. The number of rotatable bonds is 7. The zero-order chi connectivity index (χ0) is 23.5. The highest BCUT2D eigenvalue weighted by molar-refractivity contribution is 9.10. The van der Waals surface area contributed by atoms with E-state index >= 15 is 0 Å². The summed E-state index contributed by atoms with van der Waals surface area (Å²) in [7, 11) is -2.71. The van der Waals surface area contributed by atoms with Gasteiger partial charge in [-0.15, -0.1) is 0 Å². The second kappa shape index (κ2) is 9.89. The average Bonchev–Trinajstić information content (AvgIpc) is 2.74. The molecule has 3 rings (SSSR count). The third kappa shape index (κ3) is 5.40. The van der Waals surface area contributed by atoms with E-state index in [1.807, 2.05) is 6.92 Å². The van der Waals surface area contributed by atoms with Crippen molar-refractivity contribution in [2.75, 3.05) is 23.3 Å². The fourth-order valence-electron chi connectivity index (χ4n) is 2.87. The van der Waals surface area contributed by atoms with E-state index in [0.717, 1.165) is 9.87 Å². The van der Waals surface area contributed by atoms with Crippen LogP contribution in [0.5, 0.6) is 5.75 Å². The second-order valence-corrected chi connectivity index (χ2v) is 10.0. The number of aryl methyl sites for hydroxylation is 1. The first kappa shape index (κ1) is 24.0. The van der Waals surface area contributed by atoms with Crippen LogP contribution in [0.25, 0.3) is 0 Å². The zero-order valence-corrected chi connectivity index (χ0v) is 20.3. The van der Waals surface area contributed by atoms with Crippen LogP contribution in [-0.4, -0.2) is 28.0 Å². The van der Waals surface area contributed by atoms with Crippen LogP contribution in [0.15, 0.2) is 70.0 Å². The van der Waals surface area contributed by atoms with Crippen molar-refractivity contribution in [3.05, 3.63) is 81.5 Å². The minimum atomic E-state index is -4.14. The molecule has 32 heavy (non-hydrogen) atoms. The summed E-state index contributed by atoms with van der Waals surface area (Å²) in [6.07, 6.45) is 0. The standard InChI is InChI=1S/C22H19BrClFN2O4S/c1-14-3-7-17(8-4-14)32(29,30)27(16-6-10-21(31-2)18(24)12-16)13-22(28)26-20-9-5-15(23)11-19(20)25/h3-12H,13H2,1-2H3,(H,26,28). The molecule has 0 fully saturated rings. The Morgan fingerprint density at radius 3 is 2.41 bits per heavy atom. The maximum atomic E-state index is 14.1. The van der Waals surface area contributed by atoms with Gasteiger partial charge < -0.3 is 10.1 Å². The van der Waals surface area contributed by atoms with Gasteiger partial charge in [0, 0.05) is 4.47 Å². The Balaban J connectivity index is 1.99. The van der Waals surface area contributed by atoms with E-state index in [9.17, 15) is 17.6 Å². The van der Waals surface area contributed by atoms with Crippen LogP contribution in [0.3, 0.4) is 0 Å². The summed E-state index contributed by atoms with van der Waals surface area (Å²) in [5.41, 5.74) is 0.966. The van der Waals surface area contributed by atoms with Crippen molar-refractivity contribution in [1.82, 2.24) is 0 Å². The molecule has 0 aliphatic rings. The normalized spacial score (nSPS) is 11.2. The molecule has 0 unspecified atom stereocenters. The summed E-state index contributed by atoms with van der Waals surface area (Å²) in [5, 5.41) is 2.58. The van der Waals surface area contributed by atoms with Gasteiger partial charge in [-0.25, -0.2) is 12.8 Å². The van der Waals surface area contributed by atoms with Gasteiger partial charge in [0.25, 0.3) is 10.0 Å². The number of hydrogen-bond donors (Lipinski definition) is 1. The summed E-state index contributed by atoms with van der Waals surface area (Å²) in [5.74, 6) is -1.04. The molecule has 0 radical (unpaired) electrons. The molecule has 0 atom stereocenters. The Morgan fingerprint density at radius 2 is 1.81 bits per heavy atom. The van der Waals surface area contributed by atoms with Crippen molar-refractivity contribution < 1.29 is 22.3 Å². The fourth-order valence-corrected chi connectivity index (χ4v) is 4.87. The molecule has 1 N–H and O–H groups in total. The van der Waals surface area contributed by atoms with Gasteiger partial charge in [0.05, 0.1) is 28.4 Å². The lowest BCUT2D eigenvalue weighted by atomic mass is 10.2. The van der Waals surface area contributed by atoms with Gasteiger partial charge in [0.15, 0.2) is 0 Å². The van der Waals surface area contributed by atoms with Crippen LogP contribution in [-0.2, 0) is 14.8 Å². The topological polar surface area (TPSA) is 75.7 Å². The number of benzene rings is 3. The van der Waals surface area contributed by atoms with Gasteiger partial charge >= 0.3 is 0 Å².